The van der Waals surface area contributed by atoms with Crippen LogP contribution in [0.4, 0.5) is 8.78 Å². The molecule has 0 aromatic heterocycles. The van der Waals surface area contributed by atoms with Crippen molar-refractivity contribution in [3.8, 4) is 0 Å². The molecule has 0 aromatic rings. The van der Waals surface area contributed by atoms with Crippen LogP contribution in [0.3, 0.4) is 0 Å². The molecule has 0 spiro atoms. The molecule has 1 saturated heterocycles. The molecule has 0 aliphatic carbocycles. The van der Waals surface area contributed by atoms with Gasteiger partial charge in [-0.3, -0.25) is 5.41 Å². The van der Waals surface area contributed by atoms with Crippen LogP contribution in [-0.4, -0.2) is 47.0 Å². The number of nitrogens with one attached hydrogen (secondary N) is 2. The lowest BCUT2D eigenvalue weighted by molar-refractivity contribution is -0.117. The first kappa shape index (κ1) is 12.8. The molecule has 1 aliphatic heterocycles. The number of rotatable bonds is 4. The molecule has 92 valence electrons. The molecule has 3 atom stereocenters. The van der Waals surface area contributed by atoms with Crippen LogP contribution in [0.5, 0.6) is 0 Å². The first-order chi connectivity index (χ1) is 7.39. The van der Waals surface area contributed by atoms with E-state index in [4.69, 9.17) is 26.1 Å². The maximum absolute atomic E-state index is 13.3. The summed E-state index contributed by atoms with van der Waals surface area (Å²) < 4.78 is 31.3. The van der Waals surface area contributed by atoms with Gasteiger partial charge in [0.25, 0.3) is 0 Å². The third-order valence-electron chi connectivity index (χ3n) is 2.10. The van der Waals surface area contributed by atoms with Crippen LogP contribution in [0.15, 0.2) is 12.3 Å². The van der Waals surface area contributed by atoms with Gasteiger partial charge in [0.1, 0.15) is 11.9 Å². The Morgan fingerprint density at radius 3 is 2.69 bits per heavy atom. The van der Waals surface area contributed by atoms with Gasteiger partial charge in [0, 0.05) is 6.20 Å². The van der Waals surface area contributed by atoms with Crippen molar-refractivity contribution in [2.75, 3.05) is 6.61 Å². The summed E-state index contributed by atoms with van der Waals surface area (Å²) in [5.41, 5.74) is 4.96. The van der Waals surface area contributed by atoms with Crippen molar-refractivity contribution in [1.82, 2.24) is 5.32 Å². The third kappa shape index (κ3) is 2.46. The van der Waals surface area contributed by atoms with Gasteiger partial charge in [0.05, 0.1) is 6.61 Å². The Morgan fingerprint density at radius 2 is 2.25 bits per heavy atom. The van der Waals surface area contributed by atoms with Crippen molar-refractivity contribution in [2.24, 2.45) is 5.73 Å². The van der Waals surface area contributed by atoms with E-state index >= 15 is 0 Å². The van der Waals surface area contributed by atoms with Gasteiger partial charge in [0.2, 0.25) is 0 Å². The molecule has 0 saturated carbocycles. The Hall–Kier alpha value is -1.25. The Labute approximate surface area is 90.2 Å². The summed E-state index contributed by atoms with van der Waals surface area (Å²) in [5.74, 6) is -3.83. The zero-order valence-corrected chi connectivity index (χ0v) is 8.23. The molecule has 16 heavy (non-hydrogen) atoms. The van der Waals surface area contributed by atoms with Gasteiger partial charge in [-0.05, 0) is 6.08 Å². The van der Waals surface area contributed by atoms with Crippen LogP contribution in [0.2, 0.25) is 0 Å². The fraction of sp³-hybridized carbons (Fsp3) is 0.625. The zero-order valence-electron chi connectivity index (χ0n) is 8.23. The summed E-state index contributed by atoms with van der Waals surface area (Å²) in [6.07, 6.45) is -3.08. The van der Waals surface area contributed by atoms with Gasteiger partial charge in [-0.2, -0.15) is 8.78 Å². The van der Waals surface area contributed by atoms with E-state index in [1.165, 1.54) is 0 Å². The molecule has 1 heterocycles. The summed E-state index contributed by atoms with van der Waals surface area (Å²) in [6, 6.07) is 0. The van der Waals surface area contributed by atoms with Crippen molar-refractivity contribution in [2.45, 2.75) is 24.4 Å². The third-order valence-corrected chi connectivity index (χ3v) is 2.10. The highest BCUT2D eigenvalue weighted by atomic mass is 19.3. The summed E-state index contributed by atoms with van der Waals surface area (Å²) in [5, 5.41) is 26.8. The van der Waals surface area contributed by atoms with Gasteiger partial charge in [-0.1, -0.05) is 0 Å². The van der Waals surface area contributed by atoms with Gasteiger partial charge >= 0.3 is 5.92 Å². The van der Waals surface area contributed by atoms with E-state index in [0.717, 1.165) is 12.3 Å². The van der Waals surface area contributed by atoms with Gasteiger partial charge in [0.15, 0.2) is 12.3 Å². The quantitative estimate of drug-likeness (QED) is 0.309. The van der Waals surface area contributed by atoms with Gasteiger partial charge < -0.3 is 26.0 Å². The molecule has 1 rings (SSSR count). The lowest BCUT2D eigenvalue weighted by Crippen LogP contribution is -2.45. The van der Waals surface area contributed by atoms with E-state index in [2.05, 4.69) is 5.32 Å². The first-order valence-corrected chi connectivity index (χ1v) is 4.48. The number of alkyl halides is 2. The fourth-order valence-corrected chi connectivity index (χ4v) is 1.26. The summed E-state index contributed by atoms with van der Waals surface area (Å²) in [6.45, 7) is -0.703. The summed E-state index contributed by atoms with van der Waals surface area (Å²) in [7, 11) is 0. The van der Waals surface area contributed by atoms with Gasteiger partial charge in [-0.15, -0.1) is 0 Å². The van der Waals surface area contributed by atoms with E-state index in [0.29, 0.717) is 0 Å². The van der Waals surface area contributed by atoms with Crippen LogP contribution in [-0.2, 0) is 4.74 Å². The van der Waals surface area contributed by atoms with Crippen molar-refractivity contribution in [1.29, 1.82) is 5.41 Å². The average molecular weight is 237 g/mol. The van der Waals surface area contributed by atoms with E-state index in [9.17, 15) is 8.78 Å². The minimum absolute atomic E-state index is 0.312. The SMILES string of the molecule is N=C(N)/C=C\NC1OC(CO)C(O)C1(F)F. The molecule has 1 fully saturated rings. The highest BCUT2D eigenvalue weighted by molar-refractivity contribution is 5.88. The minimum atomic E-state index is -3.52. The molecular formula is C8H13F2N3O3. The molecule has 0 bridgehead atoms. The normalized spacial score (nSPS) is 33.1. The van der Waals surface area contributed by atoms with Crippen molar-refractivity contribution < 1.29 is 23.7 Å². The second-order valence-electron chi connectivity index (χ2n) is 3.31. The number of amidine groups is 1. The van der Waals surface area contributed by atoms with E-state index in [1.54, 1.807) is 0 Å². The monoisotopic (exact) mass is 237 g/mol. The predicted molar refractivity (Wildman–Crippen MR) is 50.9 cm³/mol. The lowest BCUT2D eigenvalue weighted by atomic mass is 10.1. The Balaban J connectivity index is 2.64. The molecular weight excluding hydrogens is 224 g/mol. The smallest absolute Gasteiger partial charge is 0.319 e. The molecule has 3 unspecified atom stereocenters. The number of hydrogen-bond donors (Lipinski definition) is 5. The maximum Gasteiger partial charge on any atom is 0.319 e. The topological polar surface area (TPSA) is 112 Å². The zero-order chi connectivity index (χ0) is 12.3. The van der Waals surface area contributed by atoms with Crippen LogP contribution in [0.1, 0.15) is 0 Å². The molecule has 0 amide bonds. The Morgan fingerprint density at radius 1 is 1.62 bits per heavy atom. The number of aliphatic hydroxyl groups is 2. The fourth-order valence-electron chi connectivity index (χ4n) is 1.26. The molecule has 8 heteroatoms. The van der Waals surface area contributed by atoms with Crippen molar-refractivity contribution in [3.63, 3.8) is 0 Å². The first-order valence-electron chi connectivity index (χ1n) is 4.48. The number of ether oxygens (including phenoxy) is 1. The molecule has 6 nitrogen and oxygen atoms in total. The number of aliphatic hydroxyl groups excluding tert-OH is 2. The van der Waals surface area contributed by atoms with E-state index < -0.39 is 31.0 Å². The molecule has 6 N–H and O–H groups in total. The lowest BCUT2D eigenvalue weighted by Gasteiger charge is -2.19. The van der Waals surface area contributed by atoms with Crippen molar-refractivity contribution >= 4 is 5.84 Å². The molecule has 0 aromatic carbocycles. The highest BCUT2D eigenvalue weighted by Crippen LogP contribution is 2.34. The predicted octanol–water partition coefficient (Wildman–Crippen LogP) is -1.26. The Bertz CT molecular complexity index is 298. The van der Waals surface area contributed by atoms with Gasteiger partial charge in [-0.25, -0.2) is 0 Å². The van der Waals surface area contributed by atoms with Crippen LogP contribution in [0.25, 0.3) is 0 Å². The average Bonchev–Trinajstić information content (AvgIpc) is 2.41. The van der Waals surface area contributed by atoms with E-state index in [1.807, 2.05) is 0 Å². The molecule has 1 aliphatic rings. The number of hydrogen-bond acceptors (Lipinski definition) is 5. The maximum atomic E-state index is 13.3. The van der Waals surface area contributed by atoms with Crippen molar-refractivity contribution in [3.05, 3.63) is 12.3 Å². The molecule has 0 radical (unpaired) electrons. The largest absolute Gasteiger partial charge is 0.394 e. The van der Waals surface area contributed by atoms with Crippen LogP contribution in [0, 0.1) is 5.41 Å². The number of nitrogens with two attached hydrogens (primary N) is 1. The summed E-state index contributed by atoms with van der Waals surface area (Å²) in [4.78, 5) is 0. The van der Waals surface area contributed by atoms with E-state index in [-0.39, 0.29) is 5.84 Å². The summed E-state index contributed by atoms with van der Waals surface area (Å²) >= 11 is 0. The Kier molecular flexibility index (Phi) is 3.79. The second-order valence-corrected chi connectivity index (χ2v) is 3.31. The van der Waals surface area contributed by atoms with Crippen LogP contribution < -0.4 is 11.1 Å². The standard InChI is InChI=1S/C8H13F2N3O3/c9-8(10)6(15)4(3-14)16-7(8)13-2-1-5(11)12/h1-2,4,6-7,13-15H,3H2,(H3,11,12)/b2-1-. The highest BCUT2D eigenvalue weighted by Gasteiger charge is 2.58. The second kappa shape index (κ2) is 4.73. The number of halogens is 2. The minimum Gasteiger partial charge on any atom is -0.394 e. The van der Waals surface area contributed by atoms with Crippen LogP contribution >= 0.6 is 0 Å².